The number of amides is 1. The third-order valence-corrected chi connectivity index (χ3v) is 8.42. The lowest BCUT2D eigenvalue weighted by Gasteiger charge is -2.30. The molecule has 0 spiro atoms. The van der Waals surface area contributed by atoms with Gasteiger partial charge in [-0.15, -0.1) is 11.3 Å². The van der Waals surface area contributed by atoms with Crippen molar-refractivity contribution in [3.05, 3.63) is 51.1 Å². The maximum absolute atomic E-state index is 13.7. The Morgan fingerprint density at radius 2 is 2.00 bits per heavy atom. The molecule has 2 aromatic heterocycles. The van der Waals surface area contributed by atoms with E-state index in [9.17, 15) is 9.59 Å². The molecule has 3 heterocycles. The molecule has 1 fully saturated rings. The predicted molar refractivity (Wildman–Crippen MR) is 128 cm³/mol. The molecular formula is C24H27N3O2S2. The molecule has 1 aliphatic heterocycles. The van der Waals surface area contributed by atoms with Crippen LogP contribution in [0.4, 0.5) is 0 Å². The molecule has 0 bridgehead atoms. The molecule has 162 valence electrons. The smallest absolute Gasteiger partial charge is 0.267 e. The summed E-state index contributed by atoms with van der Waals surface area (Å²) in [6.45, 7) is 3.86. The first-order chi connectivity index (χ1) is 15.1. The van der Waals surface area contributed by atoms with Crippen LogP contribution < -0.4 is 5.56 Å². The number of carbonyl (C=O) groups is 1. The second-order valence-electron chi connectivity index (χ2n) is 8.64. The lowest BCUT2D eigenvalue weighted by atomic mass is 9.97. The second-order valence-corrected chi connectivity index (χ2v) is 10.7. The molecule has 7 heteroatoms. The van der Waals surface area contributed by atoms with E-state index in [1.165, 1.54) is 35.0 Å². The number of aryl methyl sites for hydroxylation is 2. The van der Waals surface area contributed by atoms with Crippen LogP contribution in [0.1, 0.15) is 43.0 Å². The Bertz CT molecular complexity index is 1170. The number of hydrogen-bond acceptors (Lipinski definition) is 5. The lowest BCUT2D eigenvalue weighted by molar-refractivity contribution is -0.130. The number of carbonyl (C=O) groups excluding carboxylic acids is 1. The number of rotatable bonds is 4. The van der Waals surface area contributed by atoms with Gasteiger partial charge in [-0.2, -0.15) is 0 Å². The van der Waals surface area contributed by atoms with Crippen molar-refractivity contribution in [1.29, 1.82) is 0 Å². The average molecular weight is 454 g/mol. The number of nitrogens with zero attached hydrogens (tertiary/aromatic N) is 3. The largest absolute Gasteiger partial charge is 0.342 e. The summed E-state index contributed by atoms with van der Waals surface area (Å²) in [6.07, 6.45) is 6.55. The van der Waals surface area contributed by atoms with Crippen LogP contribution >= 0.6 is 23.1 Å². The van der Waals surface area contributed by atoms with Gasteiger partial charge in [0.2, 0.25) is 5.91 Å². The molecule has 5 rings (SSSR count). The molecule has 1 aliphatic carbocycles. The number of thiophene rings is 1. The van der Waals surface area contributed by atoms with Crippen molar-refractivity contribution < 1.29 is 4.79 Å². The highest BCUT2D eigenvalue weighted by molar-refractivity contribution is 7.99. The van der Waals surface area contributed by atoms with Gasteiger partial charge in [-0.05, 0) is 62.1 Å². The third-order valence-electron chi connectivity index (χ3n) is 6.31. The maximum atomic E-state index is 13.7. The zero-order chi connectivity index (χ0) is 21.4. The van der Waals surface area contributed by atoms with E-state index in [0.717, 1.165) is 54.7 Å². The van der Waals surface area contributed by atoms with Crippen LogP contribution in [0.5, 0.6) is 0 Å². The summed E-state index contributed by atoms with van der Waals surface area (Å²) in [5.74, 6) is 0.996. The van der Waals surface area contributed by atoms with E-state index in [2.05, 4.69) is 6.92 Å². The van der Waals surface area contributed by atoms with E-state index >= 15 is 0 Å². The van der Waals surface area contributed by atoms with Gasteiger partial charge >= 0.3 is 0 Å². The molecular weight excluding hydrogens is 426 g/mol. The number of hydrogen-bond donors (Lipinski definition) is 0. The molecule has 1 atom stereocenters. The van der Waals surface area contributed by atoms with Crippen molar-refractivity contribution in [3.63, 3.8) is 0 Å². The maximum Gasteiger partial charge on any atom is 0.267 e. The average Bonchev–Trinajstić information content (AvgIpc) is 3.16. The number of para-hydroxylation sites is 1. The highest BCUT2D eigenvalue weighted by atomic mass is 32.2. The predicted octanol–water partition coefficient (Wildman–Crippen LogP) is 4.68. The molecule has 31 heavy (non-hydrogen) atoms. The molecule has 0 N–H and O–H groups in total. The molecule has 2 aliphatic rings. The fourth-order valence-electron chi connectivity index (χ4n) is 4.72. The van der Waals surface area contributed by atoms with Gasteiger partial charge in [-0.3, -0.25) is 14.2 Å². The molecule has 1 aromatic carbocycles. The standard InChI is InChI=1S/C24H27N3O2S2/c1-16-8-7-13-26(14-16)20(28)15-30-24-25-22-21(18-11-5-6-12-19(18)31-22)23(29)27(24)17-9-3-2-4-10-17/h2-4,9-10,16H,5-8,11-15H2,1H3. The summed E-state index contributed by atoms with van der Waals surface area (Å²) in [5, 5.41) is 1.39. The minimum Gasteiger partial charge on any atom is -0.342 e. The quantitative estimate of drug-likeness (QED) is 0.425. The van der Waals surface area contributed by atoms with Crippen LogP contribution in [0.25, 0.3) is 15.9 Å². The third kappa shape index (κ3) is 4.05. The highest BCUT2D eigenvalue weighted by Crippen LogP contribution is 2.35. The Kier molecular flexibility index (Phi) is 5.89. The summed E-state index contributed by atoms with van der Waals surface area (Å²) in [7, 11) is 0. The highest BCUT2D eigenvalue weighted by Gasteiger charge is 2.25. The molecule has 3 aromatic rings. The summed E-state index contributed by atoms with van der Waals surface area (Å²) in [5.41, 5.74) is 2.00. The van der Waals surface area contributed by atoms with E-state index in [-0.39, 0.29) is 11.5 Å². The Morgan fingerprint density at radius 3 is 2.81 bits per heavy atom. The topological polar surface area (TPSA) is 55.2 Å². The Balaban J connectivity index is 1.53. The molecule has 5 nitrogen and oxygen atoms in total. The van der Waals surface area contributed by atoms with Gasteiger partial charge in [-0.1, -0.05) is 36.9 Å². The van der Waals surface area contributed by atoms with Gasteiger partial charge in [0.15, 0.2) is 5.16 Å². The number of thioether (sulfide) groups is 1. The number of benzene rings is 1. The minimum absolute atomic E-state index is 0.00264. The normalized spacial score (nSPS) is 18.9. The Morgan fingerprint density at radius 1 is 1.19 bits per heavy atom. The van der Waals surface area contributed by atoms with Gasteiger partial charge in [0.05, 0.1) is 16.8 Å². The van der Waals surface area contributed by atoms with Crippen molar-refractivity contribution in [3.8, 4) is 5.69 Å². The van der Waals surface area contributed by atoms with Crippen LogP contribution in [-0.2, 0) is 17.6 Å². The van der Waals surface area contributed by atoms with E-state index < -0.39 is 0 Å². The molecule has 0 radical (unpaired) electrons. The van der Waals surface area contributed by atoms with Gasteiger partial charge in [-0.25, -0.2) is 4.98 Å². The van der Waals surface area contributed by atoms with Gasteiger partial charge in [0.25, 0.3) is 5.56 Å². The van der Waals surface area contributed by atoms with E-state index in [1.54, 1.807) is 15.9 Å². The first-order valence-corrected chi connectivity index (χ1v) is 13.0. The van der Waals surface area contributed by atoms with Crippen LogP contribution in [0.2, 0.25) is 0 Å². The summed E-state index contributed by atoms with van der Waals surface area (Å²) >= 11 is 3.05. The molecule has 1 saturated heterocycles. The van der Waals surface area contributed by atoms with Crippen molar-refractivity contribution >= 4 is 39.2 Å². The Labute approximate surface area is 190 Å². The van der Waals surface area contributed by atoms with Crippen LogP contribution in [0.15, 0.2) is 40.3 Å². The van der Waals surface area contributed by atoms with E-state index in [4.69, 9.17) is 4.98 Å². The van der Waals surface area contributed by atoms with Crippen LogP contribution in [0, 0.1) is 5.92 Å². The Hall–Kier alpha value is -2.12. The first-order valence-electron chi connectivity index (χ1n) is 11.1. The number of fused-ring (bicyclic) bond motifs is 3. The second kappa shape index (κ2) is 8.79. The van der Waals surface area contributed by atoms with Crippen molar-refractivity contribution in [2.75, 3.05) is 18.8 Å². The zero-order valence-corrected chi connectivity index (χ0v) is 19.4. The fraction of sp³-hybridized carbons (Fsp3) is 0.458. The summed E-state index contributed by atoms with van der Waals surface area (Å²) in [6, 6.07) is 9.69. The lowest BCUT2D eigenvalue weighted by Crippen LogP contribution is -2.40. The van der Waals surface area contributed by atoms with Crippen molar-refractivity contribution in [2.45, 2.75) is 50.6 Å². The molecule has 1 amide bonds. The van der Waals surface area contributed by atoms with Gasteiger partial charge < -0.3 is 4.90 Å². The zero-order valence-electron chi connectivity index (χ0n) is 17.8. The summed E-state index contributed by atoms with van der Waals surface area (Å²) < 4.78 is 1.71. The summed E-state index contributed by atoms with van der Waals surface area (Å²) in [4.78, 5) is 35.6. The van der Waals surface area contributed by atoms with Crippen LogP contribution in [0.3, 0.4) is 0 Å². The van der Waals surface area contributed by atoms with E-state index in [0.29, 0.717) is 16.8 Å². The number of piperidine rings is 1. The first kappa shape index (κ1) is 20.8. The van der Waals surface area contributed by atoms with Crippen molar-refractivity contribution in [2.24, 2.45) is 5.92 Å². The fourth-order valence-corrected chi connectivity index (χ4v) is 6.94. The minimum atomic E-state index is -0.00264. The van der Waals surface area contributed by atoms with Crippen LogP contribution in [-0.4, -0.2) is 39.2 Å². The van der Waals surface area contributed by atoms with Gasteiger partial charge in [0.1, 0.15) is 4.83 Å². The monoisotopic (exact) mass is 453 g/mol. The number of likely N-dealkylation sites (tertiary alicyclic amines) is 1. The van der Waals surface area contributed by atoms with Crippen molar-refractivity contribution in [1.82, 2.24) is 14.5 Å². The molecule has 1 unspecified atom stereocenters. The van der Waals surface area contributed by atoms with E-state index in [1.807, 2.05) is 35.2 Å². The van der Waals surface area contributed by atoms with Gasteiger partial charge in [0, 0.05) is 18.0 Å². The number of aromatic nitrogens is 2. The molecule has 0 saturated carbocycles. The SMILES string of the molecule is CC1CCCN(C(=O)CSc2nc3sc4c(c3c(=O)n2-c2ccccc2)CCCC4)C1.